The van der Waals surface area contributed by atoms with Crippen molar-refractivity contribution in [2.45, 2.75) is 37.2 Å². The van der Waals surface area contributed by atoms with E-state index in [1.54, 1.807) is 19.2 Å². The number of amides is 1. The Hall–Kier alpha value is -2.14. The lowest BCUT2D eigenvalue weighted by atomic mass is 10.1. The Labute approximate surface area is 207 Å². The molecule has 2 N–H and O–H groups in total. The van der Waals surface area contributed by atoms with Gasteiger partial charge in [0, 0.05) is 45.9 Å². The standard InChI is InChI=1S/C23H30N4O3S.HI/c1-24-23(25-13-12-18-8-10-21(11-9-18)31(2,29)30)26-16-19-5-3-6-20(15-19)17-27-14-4-7-22(27)28;/h3,5-6,8-11,15H,4,7,12-14,16-17H2,1-2H3,(H2,24,25,26);1H. The van der Waals surface area contributed by atoms with Gasteiger partial charge in [-0.15, -0.1) is 24.0 Å². The molecule has 0 bridgehead atoms. The highest BCUT2D eigenvalue weighted by atomic mass is 127. The lowest BCUT2D eigenvalue weighted by Gasteiger charge is -2.16. The van der Waals surface area contributed by atoms with E-state index in [9.17, 15) is 13.2 Å². The van der Waals surface area contributed by atoms with Crippen molar-refractivity contribution in [2.24, 2.45) is 4.99 Å². The van der Waals surface area contributed by atoms with Crippen molar-refractivity contribution >= 4 is 45.7 Å². The quantitative estimate of drug-likeness (QED) is 0.290. The van der Waals surface area contributed by atoms with Crippen molar-refractivity contribution in [2.75, 3.05) is 26.4 Å². The molecule has 0 atom stereocenters. The van der Waals surface area contributed by atoms with E-state index in [1.165, 1.54) is 6.26 Å². The van der Waals surface area contributed by atoms with E-state index >= 15 is 0 Å². The molecule has 3 rings (SSSR count). The van der Waals surface area contributed by atoms with Crippen LogP contribution >= 0.6 is 24.0 Å². The molecule has 0 unspecified atom stereocenters. The van der Waals surface area contributed by atoms with Crippen molar-refractivity contribution in [3.8, 4) is 0 Å². The second-order valence-electron chi connectivity index (χ2n) is 7.76. The van der Waals surface area contributed by atoms with Gasteiger partial charge in [-0.1, -0.05) is 36.4 Å². The number of benzene rings is 2. The fraction of sp³-hybridized carbons (Fsp3) is 0.391. The highest BCUT2D eigenvalue weighted by molar-refractivity contribution is 14.0. The summed E-state index contributed by atoms with van der Waals surface area (Å²) in [5.74, 6) is 0.937. The average Bonchev–Trinajstić information content (AvgIpc) is 3.15. The molecule has 2 aromatic carbocycles. The van der Waals surface area contributed by atoms with Crippen LogP contribution in [0.2, 0.25) is 0 Å². The molecular formula is C23H31IN4O3S. The molecule has 0 saturated carbocycles. The number of hydrogen-bond acceptors (Lipinski definition) is 4. The molecule has 1 fully saturated rings. The third-order valence-electron chi connectivity index (χ3n) is 5.28. The van der Waals surface area contributed by atoms with Crippen LogP contribution in [0.25, 0.3) is 0 Å². The van der Waals surface area contributed by atoms with Crippen molar-refractivity contribution < 1.29 is 13.2 Å². The molecule has 0 aromatic heterocycles. The first-order valence-electron chi connectivity index (χ1n) is 10.4. The Bertz CT molecular complexity index is 1040. The smallest absolute Gasteiger partial charge is 0.222 e. The van der Waals surface area contributed by atoms with E-state index < -0.39 is 9.84 Å². The zero-order valence-electron chi connectivity index (χ0n) is 18.5. The number of halogens is 1. The molecule has 0 aliphatic carbocycles. The lowest BCUT2D eigenvalue weighted by Crippen LogP contribution is -2.37. The maximum absolute atomic E-state index is 11.8. The fourth-order valence-corrected chi connectivity index (χ4v) is 4.19. The first-order chi connectivity index (χ1) is 14.8. The van der Waals surface area contributed by atoms with Gasteiger partial charge >= 0.3 is 0 Å². The first-order valence-corrected chi connectivity index (χ1v) is 12.3. The second kappa shape index (κ2) is 12.2. The van der Waals surface area contributed by atoms with Crippen molar-refractivity contribution in [1.82, 2.24) is 15.5 Å². The maximum atomic E-state index is 11.8. The van der Waals surface area contributed by atoms with Crippen molar-refractivity contribution in [1.29, 1.82) is 0 Å². The number of guanidine groups is 1. The van der Waals surface area contributed by atoms with Gasteiger partial charge in [-0.05, 0) is 41.7 Å². The summed E-state index contributed by atoms with van der Waals surface area (Å²) < 4.78 is 23.1. The Balaban J connectivity index is 0.00000363. The summed E-state index contributed by atoms with van der Waals surface area (Å²) in [6.07, 6.45) is 3.57. The minimum Gasteiger partial charge on any atom is -0.356 e. The van der Waals surface area contributed by atoms with E-state index in [-0.39, 0.29) is 29.9 Å². The van der Waals surface area contributed by atoms with E-state index in [2.05, 4.69) is 33.8 Å². The predicted molar refractivity (Wildman–Crippen MR) is 138 cm³/mol. The number of rotatable bonds is 8. The molecule has 1 aliphatic rings. The van der Waals surface area contributed by atoms with Gasteiger partial charge in [0.05, 0.1) is 4.90 Å². The number of likely N-dealkylation sites (tertiary alicyclic amines) is 1. The van der Waals surface area contributed by atoms with Gasteiger partial charge in [-0.25, -0.2) is 8.42 Å². The highest BCUT2D eigenvalue weighted by Crippen LogP contribution is 2.15. The molecule has 1 amide bonds. The third kappa shape index (κ3) is 7.77. The Kier molecular flexibility index (Phi) is 9.95. The summed E-state index contributed by atoms with van der Waals surface area (Å²) in [4.78, 5) is 18.3. The van der Waals surface area contributed by atoms with Crippen molar-refractivity contribution in [3.63, 3.8) is 0 Å². The molecular weight excluding hydrogens is 539 g/mol. The number of nitrogens with one attached hydrogen (secondary N) is 2. The number of nitrogens with zero attached hydrogens (tertiary/aromatic N) is 2. The highest BCUT2D eigenvalue weighted by Gasteiger charge is 2.19. The van der Waals surface area contributed by atoms with E-state index in [1.807, 2.05) is 23.1 Å². The summed E-state index contributed by atoms with van der Waals surface area (Å²) in [5, 5.41) is 6.59. The minimum absolute atomic E-state index is 0. The molecule has 174 valence electrons. The van der Waals surface area contributed by atoms with Gasteiger partial charge in [-0.2, -0.15) is 0 Å². The Morgan fingerprint density at radius 1 is 1.06 bits per heavy atom. The van der Waals surface area contributed by atoms with Crippen LogP contribution in [0.5, 0.6) is 0 Å². The number of hydrogen-bond donors (Lipinski definition) is 2. The molecule has 1 aliphatic heterocycles. The van der Waals surface area contributed by atoms with Gasteiger partial charge < -0.3 is 15.5 Å². The topological polar surface area (TPSA) is 90.9 Å². The number of carbonyl (C=O) groups excluding carboxylic acids is 1. The molecule has 2 aromatic rings. The monoisotopic (exact) mass is 570 g/mol. The zero-order chi connectivity index (χ0) is 22.3. The zero-order valence-corrected chi connectivity index (χ0v) is 21.7. The van der Waals surface area contributed by atoms with Crippen LogP contribution in [0, 0.1) is 0 Å². The largest absolute Gasteiger partial charge is 0.356 e. The van der Waals surface area contributed by atoms with Crippen LogP contribution < -0.4 is 10.6 Å². The molecule has 1 saturated heterocycles. The van der Waals surface area contributed by atoms with E-state index in [0.29, 0.717) is 36.9 Å². The minimum atomic E-state index is -3.17. The molecule has 0 radical (unpaired) electrons. The predicted octanol–water partition coefficient (Wildman–Crippen LogP) is 2.74. The van der Waals surface area contributed by atoms with E-state index in [4.69, 9.17) is 0 Å². The van der Waals surface area contributed by atoms with Crippen molar-refractivity contribution in [3.05, 3.63) is 65.2 Å². The van der Waals surface area contributed by atoms with Crippen LogP contribution in [-0.4, -0.2) is 51.6 Å². The molecule has 1 heterocycles. The van der Waals surface area contributed by atoms with Crippen LogP contribution in [0.15, 0.2) is 58.4 Å². The van der Waals surface area contributed by atoms with Gasteiger partial charge in [0.1, 0.15) is 0 Å². The average molecular weight is 570 g/mol. The molecule has 7 nitrogen and oxygen atoms in total. The number of carbonyl (C=O) groups is 1. The third-order valence-corrected chi connectivity index (χ3v) is 6.41. The maximum Gasteiger partial charge on any atom is 0.222 e. The summed E-state index contributed by atoms with van der Waals surface area (Å²) >= 11 is 0. The summed E-state index contributed by atoms with van der Waals surface area (Å²) in [5.41, 5.74) is 3.32. The van der Waals surface area contributed by atoms with E-state index in [0.717, 1.165) is 36.1 Å². The molecule has 32 heavy (non-hydrogen) atoms. The first kappa shape index (κ1) is 26.1. The summed E-state index contributed by atoms with van der Waals surface area (Å²) in [7, 11) is -1.44. The van der Waals surface area contributed by atoms with Gasteiger partial charge in [-0.3, -0.25) is 9.79 Å². The Morgan fingerprint density at radius 2 is 1.78 bits per heavy atom. The summed E-state index contributed by atoms with van der Waals surface area (Å²) in [6.45, 7) is 2.81. The van der Waals surface area contributed by atoms with Crippen LogP contribution in [0.1, 0.15) is 29.5 Å². The second-order valence-corrected chi connectivity index (χ2v) is 9.77. The van der Waals surface area contributed by atoms with Gasteiger partial charge in [0.2, 0.25) is 5.91 Å². The van der Waals surface area contributed by atoms with Gasteiger partial charge in [0.15, 0.2) is 15.8 Å². The fourth-order valence-electron chi connectivity index (χ4n) is 3.56. The van der Waals surface area contributed by atoms with Gasteiger partial charge in [0.25, 0.3) is 0 Å². The molecule has 9 heteroatoms. The van der Waals surface area contributed by atoms with Crippen LogP contribution in [0.3, 0.4) is 0 Å². The van der Waals surface area contributed by atoms with Crippen LogP contribution in [-0.2, 0) is 34.1 Å². The Morgan fingerprint density at radius 3 is 2.41 bits per heavy atom. The number of aliphatic imine (C=N–C) groups is 1. The van der Waals surface area contributed by atoms with Crippen LogP contribution in [0.4, 0.5) is 0 Å². The summed E-state index contributed by atoms with van der Waals surface area (Å²) in [6, 6.07) is 15.2. The lowest BCUT2D eigenvalue weighted by molar-refractivity contribution is -0.128. The number of sulfone groups is 1. The molecule has 0 spiro atoms. The normalized spacial score (nSPS) is 14.2. The SMILES string of the molecule is CN=C(NCCc1ccc(S(C)(=O)=O)cc1)NCc1cccc(CN2CCCC2=O)c1.I.